The lowest BCUT2D eigenvalue weighted by Crippen LogP contribution is -2.52. The maximum Gasteiger partial charge on any atom is 0.410 e. The van der Waals surface area contributed by atoms with Crippen LogP contribution in [-0.4, -0.2) is 52.1 Å². The summed E-state index contributed by atoms with van der Waals surface area (Å²) >= 11 is 0. The first-order valence-electron chi connectivity index (χ1n) is 10.2. The summed E-state index contributed by atoms with van der Waals surface area (Å²) in [5.74, 6) is 0.393. The topological polar surface area (TPSA) is 59.4 Å². The second-order valence-electron chi connectivity index (χ2n) is 8.42. The molecule has 1 aliphatic heterocycles. The van der Waals surface area contributed by atoms with Crippen molar-refractivity contribution in [1.29, 1.82) is 0 Å². The van der Waals surface area contributed by atoms with Gasteiger partial charge in [-0.15, -0.1) is 0 Å². The summed E-state index contributed by atoms with van der Waals surface area (Å²) in [6, 6.07) is 12.7. The number of aryl methyl sites for hydroxylation is 1. The van der Waals surface area contributed by atoms with Crippen LogP contribution in [0.25, 0.3) is 0 Å². The van der Waals surface area contributed by atoms with Gasteiger partial charge >= 0.3 is 6.09 Å². The van der Waals surface area contributed by atoms with E-state index in [0.717, 1.165) is 32.5 Å². The molecule has 28 heavy (non-hydrogen) atoms. The Kier molecular flexibility index (Phi) is 6.73. The summed E-state index contributed by atoms with van der Waals surface area (Å²) in [5.41, 5.74) is 0.857. The Bertz CT molecular complexity index is 725. The number of carbonyl (C=O) groups excluding carboxylic acids is 1. The summed E-state index contributed by atoms with van der Waals surface area (Å²) in [5, 5.41) is 7.94. The minimum Gasteiger partial charge on any atom is -0.444 e. The fourth-order valence-electron chi connectivity index (χ4n) is 3.71. The van der Waals surface area contributed by atoms with E-state index >= 15 is 0 Å². The van der Waals surface area contributed by atoms with E-state index in [1.807, 2.05) is 48.7 Å². The van der Waals surface area contributed by atoms with Crippen molar-refractivity contribution in [2.45, 2.75) is 57.7 Å². The molecule has 1 N–H and O–H groups in total. The Hall–Kier alpha value is -2.34. The summed E-state index contributed by atoms with van der Waals surface area (Å²) in [4.78, 5) is 14.4. The van der Waals surface area contributed by atoms with Crippen LogP contribution in [0.4, 0.5) is 4.79 Å². The number of rotatable bonds is 6. The first-order chi connectivity index (χ1) is 13.4. The van der Waals surface area contributed by atoms with Gasteiger partial charge in [-0.25, -0.2) is 4.79 Å². The molecule has 2 aromatic rings. The van der Waals surface area contributed by atoms with E-state index in [1.54, 1.807) is 6.20 Å². The third kappa shape index (κ3) is 5.83. The molecule has 1 aromatic heterocycles. The minimum atomic E-state index is -0.472. The van der Waals surface area contributed by atoms with Gasteiger partial charge in [0.2, 0.25) is 0 Å². The third-order valence-electron chi connectivity index (χ3n) is 5.02. The molecule has 0 spiro atoms. The highest BCUT2D eigenvalue weighted by atomic mass is 16.6. The van der Waals surface area contributed by atoms with Crippen LogP contribution in [0, 0.1) is 0 Å². The predicted octanol–water partition coefficient (Wildman–Crippen LogP) is 3.66. The number of nitrogens with one attached hydrogen (secondary N) is 1. The largest absolute Gasteiger partial charge is 0.444 e. The normalized spacial score (nSPS) is 20.2. The molecule has 0 aliphatic carbocycles. The van der Waals surface area contributed by atoms with E-state index in [0.29, 0.717) is 12.5 Å². The monoisotopic (exact) mass is 384 g/mol. The van der Waals surface area contributed by atoms with E-state index in [1.165, 1.54) is 5.56 Å². The van der Waals surface area contributed by atoms with Crippen molar-refractivity contribution >= 4 is 6.09 Å². The molecule has 1 amide bonds. The van der Waals surface area contributed by atoms with Gasteiger partial charge in [-0.05, 0) is 51.8 Å². The molecule has 0 saturated carbocycles. The molecular weight excluding hydrogens is 352 g/mol. The van der Waals surface area contributed by atoms with E-state index in [-0.39, 0.29) is 12.1 Å². The number of aromatic nitrogens is 2. The van der Waals surface area contributed by atoms with Crippen LogP contribution in [0.3, 0.4) is 0 Å². The molecule has 1 aromatic carbocycles. The average molecular weight is 385 g/mol. The Morgan fingerprint density at radius 1 is 1.25 bits per heavy atom. The molecule has 0 radical (unpaired) electrons. The Morgan fingerprint density at radius 3 is 2.71 bits per heavy atom. The summed E-state index contributed by atoms with van der Waals surface area (Å²) in [7, 11) is 0. The number of benzene rings is 1. The molecular formula is C22H32N4O2. The number of amides is 1. The molecule has 0 bridgehead atoms. The lowest BCUT2D eigenvalue weighted by molar-refractivity contribution is 0.0171. The highest BCUT2D eigenvalue weighted by Crippen LogP contribution is 2.29. The zero-order chi connectivity index (χ0) is 20.0. The lowest BCUT2D eigenvalue weighted by Gasteiger charge is -2.39. The van der Waals surface area contributed by atoms with Gasteiger partial charge in [0.15, 0.2) is 0 Å². The van der Waals surface area contributed by atoms with Gasteiger partial charge in [0.05, 0.1) is 0 Å². The molecule has 6 nitrogen and oxygen atoms in total. The van der Waals surface area contributed by atoms with E-state index in [4.69, 9.17) is 4.74 Å². The van der Waals surface area contributed by atoms with Crippen molar-refractivity contribution < 1.29 is 9.53 Å². The van der Waals surface area contributed by atoms with Crippen LogP contribution in [0.2, 0.25) is 0 Å². The number of ether oxygens (including phenoxy) is 1. The van der Waals surface area contributed by atoms with Crippen LogP contribution in [-0.2, 0) is 11.3 Å². The van der Waals surface area contributed by atoms with Crippen molar-refractivity contribution in [2.75, 3.05) is 19.6 Å². The summed E-state index contributed by atoms with van der Waals surface area (Å²) in [6.07, 6.45) is 5.49. The Balaban J connectivity index is 1.61. The molecule has 2 atom stereocenters. The quantitative estimate of drug-likeness (QED) is 0.772. The third-order valence-corrected chi connectivity index (χ3v) is 5.02. The van der Waals surface area contributed by atoms with Crippen LogP contribution >= 0.6 is 0 Å². The molecule has 152 valence electrons. The number of likely N-dealkylation sites (tertiary alicyclic amines) is 1. The van der Waals surface area contributed by atoms with Crippen LogP contribution in [0.5, 0.6) is 0 Å². The zero-order valence-electron chi connectivity index (χ0n) is 17.2. The highest BCUT2D eigenvalue weighted by molar-refractivity contribution is 5.68. The second-order valence-corrected chi connectivity index (χ2v) is 8.42. The number of hydrogen-bond acceptors (Lipinski definition) is 4. The van der Waals surface area contributed by atoms with Crippen molar-refractivity contribution in [1.82, 2.24) is 20.0 Å². The molecule has 1 aliphatic rings. The number of piperidine rings is 1. The van der Waals surface area contributed by atoms with Crippen LogP contribution in [0.1, 0.15) is 45.1 Å². The Labute approximate surface area is 167 Å². The average Bonchev–Trinajstić information content (AvgIpc) is 3.18. The molecule has 1 fully saturated rings. The van der Waals surface area contributed by atoms with E-state index < -0.39 is 5.60 Å². The molecule has 6 heteroatoms. The van der Waals surface area contributed by atoms with Gasteiger partial charge in [-0.3, -0.25) is 4.68 Å². The summed E-state index contributed by atoms with van der Waals surface area (Å²) in [6.45, 7) is 8.89. The van der Waals surface area contributed by atoms with E-state index in [2.05, 4.69) is 34.7 Å². The van der Waals surface area contributed by atoms with Gasteiger partial charge in [0.25, 0.3) is 0 Å². The Morgan fingerprint density at radius 2 is 2.04 bits per heavy atom. The maximum absolute atomic E-state index is 12.6. The van der Waals surface area contributed by atoms with Gasteiger partial charge in [-0.1, -0.05) is 30.3 Å². The molecule has 2 heterocycles. The molecule has 1 saturated heterocycles. The summed E-state index contributed by atoms with van der Waals surface area (Å²) < 4.78 is 7.54. The molecule has 0 unspecified atom stereocenters. The van der Waals surface area contributed by atoms with Gasteiger partial charge in [0.1, 0.15) is 5.60 Å². The second kappa shape index (κ2) is 9.24. The lowest BCUT2D eigenvalue weighted by atomic mass is 9.85. The van der Waals surface area contributed by atoms with Crippen LogP contribution < -0.4 is 5.32 Å². The highest BCUT2D eigenvalue weighted by Gasteiger charge is 2.33. The smallest absolute Gasteiger partial charge is 0.410 e. The van der Waals surface area contributed by atoms with Crippen molar-refractivity contribution in [2.24, 2.45) is 0 Å². The van der Waals surface area contributed by atoms with Crippen molar-refractivity contribution in [3.8, 4) is 0 Å². The van der Waals surface area contributed by atoms with Crippen molar-refractivity contribution in [3.63, 3.8) is 0 Å². The van der Waals surface area contributed by atoms with Crippen molar-refractivity contribution in [3.05, 3.63) is 54.4 Å². The fraction of sp³-hybridized carbons (Fsp3) is 0.545. The number of carbonyl (C=O) groups is 1. The van der Waals surface area contributed by atoms with Gasteiger partial charge < -0.3 is 15.0 Å². The zero-order valence-corrected chi connectivity index (χ0v) is 17.2. The van der Waals surface area contributed by atoms with Crippen LogP contribution in [0.15, 0.2) is 48.8 Å². The number of hydrogen-bond donors (Lipinski definition) is 1. The SMILES string of the molecule is CC(C)(C)OC(=O)N1CC[C@H](c2ccccc2)[C@H](NCCCn2cccn2)C1. The van der Waals surface area contributed by atoms with Gasteiger partial charge in [-0.2, -0.15) is 5.10 Å². The van der Waals surface area contributed by atoms with E-state index in [9.17, 15) is 4.79 Å². The fourth-order valence-corrected chi connectivity index (χ4v) is 3.71. The predicted molar refractivity (Wildman–Crippen MR) is 110 cm³/mol. The maximum atomic E-state index is 12.6. The van der Waals surface area contributed by atoms with Gasteiger partial charge in [0, 0.05) is 44.0 Å². The number of nitrogens with zero attached hydrogens (tertiary/aromatic N) is 3. The minimum absolute atomic E-state index is 0.210. The molecule has 3 rings (SSSR count). The first kappa shape index (κ1) is 20.4. The first-order valence-corrected chi connectivity index (χ1v) is 10.2. The standard InChI is InChI=1S/C22H32N4O2/c1-22(2,3)28-21(27)25-16-11-19(18-9-5-4-6-10-18)20(17-25)23-12-7-14-26-15-8-13-24-26/h4-6,8-10,13,15,19-20,23H,7,11-12,14,16-17H2,1-3H3/t19-,20-/m1/s1.